The van der Waals surface area contributed by atoms with Crippen LogP contribution in [0.2, 0.25) is 10.0 Å². The zero-order chi connectivity index (χ0) is 10.7. The van der Waals surface area contributed by atoms with Crippen molar-refractivity contribution in [3.05, 3.63) is 27.7 Å². The molecule has 0 aliphatic heterocycles. The Morgan fingerprint density at radius 2 is 2.00 bits per heavy atom. The topological polar surface area (TPSA) is 49.3 Å². The number of halogens is 2. The van der Waals surface area contributed by atoms with Crippen LogP contribution in [0.3, 0.4) is 0 Å². The number of rotatable bonds is 3. The van der Waals surface area contributed by atoms with Crippen molar-refractivity contribution in [2.24, 2.45) is 0 Å². The first-order valence-electron chi connectivity index (χ1n) is 4.02. The van der Waals surface area contributed by atoms with Crippen molar-refractivity contribution < 1.29 is 9.90 Å². The fourth-order valence-corrected chi connectivity index (χ4v) is 1.39. The van der Waals surface area contributed by atoms with Crippen molar-refractivity contribution in [3.63, 3.8) is 0 Å². The molecule has 0 aromatic heterocycles. The number of hydrogen-bond acceptors (Lipinski definition) is 2. The summed E-state index contributed by atoms with van der Waals surface area (Å²) in [6, 6.07) is 2.85. The number of anilines is 1. The number of hydrogen-bond donors (Lipinski definition) is 2. The lowest BCUT2D eigenvalue weighted by atomic mass is 10.2. The van der Waals surface area contributed by atoms with Gasteiger partial charge in [0.25, 0.3) is 0 Å². The van der Waals surface area contributed by atoms with Gasteiger partial charge in [0.1, 0.15) is 0 Å². The van der Waals surface area contributed by atoms with E-state index in [9.17, 15) is 4.79 Å². The van der Waals surface area contributed by atoms with Gasteiger partial charge in [-0.3, -0.25) is 0 Å². The predicted octanol–water partition coefficient (Wildman–Crippen LogP) is 3.12. The van der Waals surface area contributed by atoms with Crippen LogP contribution in [0.25, 0.3) is 0 Å². The monoisotopic (exact) mass is 233 g/mol. The van der Waals surface area contributed by atoms with E-state index in [4.69, 9.17) is 28.3 Å². The van der Waals surface area contributed by atoms with E-state index in [0.29, 0.717) is 17.3 Å². The van der Waals surface area contributed by atoms with Gasteiger partial charge in [-0.15, -0.1) is 0 Å². The number of carboxylic acids is 1. The molecule has 1 aromatic carbocycles. The average Bonchev–Trinajstić information content (AvgIpc) is 2.11. The molecule has 0 amide bonds. The van der Waals surface area contributed by atoms with Gasteiger partial charge in [0, 0.05) is 6.54 Å². The minimum absolute atomic E-state index is 0.126. The third-order valence-electron chi connectivity index (χ3n) is 1.66. The molecule has 0 radical (unpaired) electrons. The molecule has 0 spiro atoms. The maximum Gasteiger partial charge on any atom is 0.337 e. The Kier molecular flexibility index (Phi) is 3.61. The summed E-state index contributed by atoms with van der Waals surface area (Å²) in [5.74, 6) is -1.03. The molecule has 0 bridgehead atoms. The van der Waals surface area contributed by atoms with Crippen LogP contribution in [0.4, 0.5) is 5.69 Å². The van der Waals surface area contributed by atoms with Crippen molar-refractivity contribution >= 4 is 34.9 Å². The van der Waals surface area contributed by atoms with Crippen LogP contribution in [0.1, 0.15) is 17.3 Å². The number of carbonyl (C=O) groups is 1. The molecule has 76 valence electrons. The van der Waals surface area contributed by atoms with E-state index in [1.807, 2.05) is 6.92 Å². The first-order valence-corrected chi connectivity index (χ1v) is 4.78. The average molecular weight is 234 g/mol. The summed E-state index contributed by atoms with van der Waals surface area (Å²) in [7, 11) is 0. The molecule has 0 atom stereocenters. The van der Waals surface area contributed by atoms with Gasteiger partial charge in [0.05, 0.1) is 21.3 Å². The molecule has 3 nitrogen and oxygen atoms in total. The quantitative estimate of drug-likeness (QED) is 0.844. The Morgan fingerprint density at radius 3 is 2.50 bits per heavy atom. The van der Waals surface area contributed by atoms with Gasteiger partial charge >= 0.3 is 5.97 Å². The molecule has 0 saturated heterocycles. The van der Waals surface area contributed by atoms with Crippen molar-refractivity contribution in [1.82, 2.24) is 0 Å². The molecule has 0 heterocycles. The van der Waals surface area contributed by atoms with E-state index in [0.717, 1.165) is 0 Å². The third kappa shape index (κ3) is 2.30. The number of carboxylic acid groups (broad SMARTS) is 1. The van der Waals surface area contributed by atoms with E-state index >= 15 is 0 Å². The van der Waals surface area contributed by atoms with Crippen LogP contribution >= 0.6 is 23.2 Å². The number of aromatic carboxylic acids is 1. The Labute approximate surface area is 91.6 Å². The molecular weight excluding hydrogens is 225 g/mol. The molecular formula is C9H9Cl2NO2. The fraction of sp³-hybridized carbons (Fsp3) is 0.222. The molecule has 0 aliphatic rings. The summed E-state index contributed by atoms with van der Waals surface area (Å²) < 4.78 is 0. The smallest absolute Gasteiger partial charge is 0.337 e. The fourth-order valence-electron chi connectivity index (χ4n) is 1.06. The lowest BCUT2D eigenvalue weighted by molar-refractivity contribution is 0.0698. The molecule has 0 fully saturated rings. The van der Waals surface area contributed by atoms with Gasteiger partial charge in [0.15, 0.2) is 0 Å². The first-order chi connectivity index (χ1) is 6.56. The summed E-state index contributed by atoms with van der Waals surface area (Å²) in [5.41, 5.74) is 0.607. The normalized spacial score (nSPS) is 9.93. The lowest BCUT2D eigenvalue weighted by Gasteiger charge is -2.08. The maximum atomic E-state index is 10.8. The van der Waals surface area contributed by atoms with Crippen LogP contribution in [-0.2, 0) is 0 Å². The van der Waals surface area contributed by atoms with Crippen molar-refractivity contribution in [1.29, 1.82) is 0 Å². The number of nitrogens with one attached hydrogen (secondary N) is 1. The van der Waals surface area contributed by atoms with E-state index in [1.165, 1.54) is 12.1 Å². The molecule has 14 heavy (non-hydrogen) atoms. The second kappa shape index (κ2) is 4.53. The summed E-state index contributed by atoms with van der Waals surface area (Å²) in [5, 5.41) is 12.3. The first kappa shape index (κ1) is 11.1. The molecule has 0 aliphatic carbocycles. The van der Waals surface area contributed by atoms with Crippen LogP contribution in [0.5, 0.6) is 0 Å². The summed E-state index contributed by atoms with van der Waals surface area (Å²) in [6.45, 7) is 2.49. The van der Waals surface area contributed by atoms with E-state index in [2.05, 4.69) is 5.32 Å². The van der Waals surface area contributed by atoms with Crippen LogP contribution in [-0.4, -0.2) is 17.6 Å². The molecule has 5 heteroatoms. The Hall–Kier alpha value is -0.930. The van der Waals surface area contributed by atoms with Gasteiger partial charge < -0.3 is 10.4 Å². The summed E-state index contributed by atoms with van der Waals surface area (Å²) >= 11 is 11.5. The van der Waals surface area contributed by atoms with E-state index < -0.39 is 5.97 Å². The molecule has 0 saturated carbocycles. The van der Waals surface area contributed by atoms with Gasteiger partial charge in [0.2, 0.25) is 0 Å². The Bertz CT molecular complexity index is 366. The SMILES string of the molecule is CCNc1cc(Cl)c(Cl)cc1C(=O)O. The second-order valence-electron chi connectivity index (χ2n) is 2.65. The molecule has 1 rings (SSSR count). The van der Waals surface area contributed by atoms with Crippen molar-refractivity contribution in [2.45, 2.75) is 6.92 Å². The number of benzene rings is 1. The standard InChI is InChI=1S/C9H9Cl2NO2/c1-2-12-8-4-7(11)6(10)3-5(8)9(13)14/h3-4,12H,2H2,1H3,(H,13,14). The van der Waals surface area contributed by atoms with E-state index in [-0.39, 0.29) is 10.6 Å². The molecule has 2 N–H and O–H groups in total. The third-order valence-corrected chi connectivity index (χ3v) is 2.38. The largest absolute Gasteiger partial charge is 0.478 e. The lowest BCUT2D eigenvalue weighted by Crippen LogP contribution is -2.05. The zero-order valence-corrected chi connectivity index (χ0v) is 8.99. The minimum Gasteiger partial charge on any atom is -0.478 e. The van der Waals surface area contributed by atoms with Gasteiger partial charge in [-0.1, -0.05) is 23.2 Å². The van der Waals surface area contributed by atoms with Crippen molar-refractivity contribution in [3.8, 4) is 0 Å². The van der Waals surface area contributed by atoms with Crippen molar-refractivity contribution in [2.75, 3.05) is 11.9 Å². The Morgan fingerprint density at radius 1 is 1.43 bits per heavy atom. The Balaban J connectivity index is 3.24. The summed E-state index contributed by atoms with van der Waals surface area (Å²) in [6.07, 6.45) is 0. The highest BCUT2D eigenvalue weighted by Gasteiger charge is 2.12. The van der Waals surface area contributed by atoms with Gasteiger partial charge in [-0.2, -0.15) is 0 Å². The highest BCUT2D eigenvalue weighted by Crippen LogP contribution is 2.28. The highest BCUT2D eigenvalue weighted by molar-refractivity contribution is 6.42. The van der Waals surface area contributed by atoms with Crippen LogP contribution in [0.15, 0.2) is 12.1 Å². The highest BCUT2D eigenvalue weighted by atomic mass is 35.5. The molecule has 1 aromatic rings. The van der Waals surface area contributed by atoms with Crippen LogP contribution in [0, 0.1) is 0 Å². The van der Waals surface area contributed by atoms with Gasteiger partial charge in [-0.05, 0) is 19.1 Å². The van der Waals surface area contributed by atoms with Gasteiger partial charge in [-0.25, -0.2) is 4.79 Å². The van der Waals surface area contributed by atoms with Crippen LogP contribution < -0.4 is 5.32 Å². The zero-order valence-electron chi connectivity index (χ0n) is 7.47. The predicted molar refractivity (Wildman–Crippen MR) is 57.6 cm³/mol. The maximum absolute atomic E-state index is 10.8. The second-order valence-corrected chi connectivity index (χ2v) is 3.46. The van der Waals surface area contributed by atoms with E-state index in [1.54, 1.807) is 0 Å². The molecule has 0 unspecified atom stereocenters. The summed E-state index contributed by atoms with van der Waals surface area (Å²) in [4.78, 5) is 10.8. The minimum atomic E-state index is -1.03.